The monoisotopic (exact) mass is 403 g/mol. The second-order valence-corrected chi connectivity index (χ2v) is 7.82. The van der Waals surface area contributed by atoms with Crippen LogP contribution < -0.4 is 16.2 Å². The molecule has 1 aliphatic carbocycles. The zero-order valence-electron chi connectivity index (χ0n) is 14.7. The highest BCUT2D eigenvalue weighted by Gasteiger charge is 2.34. The molecule has 0 saturated heterocycles. The van der Waals surface area contributed by atoms with E-state index in [1.807, 2.05) is 0 Å². The predicted octanol–water partition coefficient (Wildman–Crippen LogP) is -0.0276. The van der Waals surface area contributed by atoms with E-state index >= 15 is 0 Å². The Kier molecular flexibility index (Phi) is 5.82. The molecule has 0 aliphatic heterocycles. The molecular formula is C14H22N5O7P. The van der Waals surface area contributed by atoms with Gasteiger partial charge in [0.25, 0.3) is 0 Å². The summed E-state index contributed by atoms with van der Waals surface area (Å²) in [6, 6.07) is -0.422. The van der Waals surface area contributed by atoms with E-state index in [0.717, 1.165) is 6.42 Å². The summed E-state index contributed by atoms with van der Waals surface area (Å²) in [6.07, 6.45) is 0.689. The van der Waals surface area contributed by atoms with Gasteiger partial charge in [0.2, 0.25) is 0 Å². The topological polar surface area (TPSA) is 175 Å². The highest BCUT2D eigenvalue weighted by Crippen LogP contribution is 2.39. The van der Waals surface area contributed by atoms with Crippen molar-refractivity contribution in [2.45, 2.75) is 31.4 Å². The van der Waals surface area contributed by atoms with Crippen molar-refractivity contribution >= 4 is 24.6 Å². The van der Waals surface area contributed by atoms with E-state index in [9.17, 15) is 9.36 Å². The van der Waals surface area contributed by atoms with Gasteiger partial charge in [-0.25, -0.2) is 4.79 Å². The van der Waals surface area contributed by atoms with Crippen molar-refractivity contribution in [2.24, 2.45) is 0 Å². The Morgan fingerprint density at radius 1 is 1.33 bits per heavy atom. The van der Waals surface area contributed by atoms with Crippen molar-refractivity contribution < 1.29 is 28.6 Å². The van der Waals surface area contributed by atoms with E-state index in [4.69, 9.17) is 29.7 Å². The van der Waals surface area contributed by atoms with Crippen LogP contribution in [0.1, 0.15) is 25.3 Å². The minimum absolute atomic E-state index is 0.00971. The number of nitrogens with zero attached hydrogens (tertiary/aromatic N) is 3. The van der Waals surface area contributed by atoms with E-state index in [1.165, 1.54) is 11.7 Å². The van der Waals surface area contributed by atoms with Gasteiger partial charge < -0.3 is 34.7 Å². The van der Waals surface area contributed by atoms with Crippen molar-refractivity contribution in [1.82, 2.24) is 19.5 Å². The lowest BCUT2D eigenvalue weighted by molar-refractivity contribution is 0.0514. The number of nitrogens with one attached hydrogen (secondary N) is 1. The normalized spacial score (nSPS) is 20.4. The number of fused-ring (bicyclic) bond motifs is 1. The summed E-state index contributed by atoms with van der Waals surface area (Å²) < 4.78 is 28.2. The number of nitrogen functional groups attached to an aromatic ring is 1. The van der Waals surface area contributed by atoms with Gasteiger partial charge in [-0.15, -0.1) is 0 Å². The zero-order chi connectivity index (χ0) is 19.6. The Hall–Kier alpha value is -1.98. The number of aromatic nitrogens is 4. The number of imidazole rings is 1. The second-order valence-electron chi connectivity index (χ2n) is 6.23. The Morgan fingerprint density at radius 2 is 2.11 bits per heavy atom. The molecule has 0 aromatic carbocycles. The van der Waals surface area contributed by atoms with Gasteiger partial charge in [0.15, 0.2) is 11.5 Å². The van der Waals surface area contributed by atoms with Crippen LogP contribution in [0.25, 0.3) is 11.2 Å². The molecule has 3 rings (SSSR count). The summed E-state index contributed by atoms with van der Waals surface area (Å²) in [7, 11) is -2.78. The Bertz CT molecular complexity index is 907. The van der Waals surface area contributed by atoms with Gasteiger partial charge in [-0.2, -0.15) is 9.97 Å². The Balaban J connectivity index is 1.94. The summed E-state index contributed by atoms with van der Waals surface area (Å²) in [4.78, 5) is 41.5. The highest BCUT2D eigenvalue weighted by atomic mass is 31.2. The molecule has 2 atom stereocenters. The molecule has 1 saturated carbocycles. The van der Waals surface area contributed by atoms with Crippen LogP contribution in [0.4, 0.5) is 5.82 Å². The molecule has 2 heterocycles. The first kappa shape index (κ1) is 19.8. The standard InChI is InChI=1S/C14H22N5O7P/c1-24-5-6-25-13-17-11(15)10-12(18-13)19(14(20)16-10)8-3-2-4-9(8)26-7-27(21,22)23/h8-9H,2-7H2,1H3,(H,16,20)(H2,15,17,18)(H2,21,22,23)/t8-,9-/m1/s1. The van der Waals surface area contributed by atoms with Crippen molar-refractivity contribution in [1.29, 1.82) is 0 Å². The number of methoxy groups -OCH3 is 1. The average molecular weight is 403 g/mol. The van der Waals surface area contributed by atoms with Gasteiger partial charge >= 0.3 is 19.3 Å². The number of rotatable bonds is 8. The highest BCUT2D eigenvalue weighted by molar-refractivity contribution is 7.51. The number of hydrogen-bond acceptors (Lipinski definition) is 8. The minimum Gasteiger partial charge on any atom is -0.461 e. The van der Waals surface area contributed by atoms with E-state index in [-0.39, 0.29) is 29.6 Å². The fourth-order valence-corrected chi connectivity index (χ4v) is 3.57. The van der Waals surface area contributed by atoms with Gasteiger partial charge in [0.05, 0.1) is 18.8 Å². The van der Waals surface area contributed by atoms with Gasteiger partial charge in [0.1, 0.15) is 18.5 Å². The second kappa shape index (κ2) is 7.95. The lowest BCUT2D eigenvalue weighted by Gasteiger charge is -2.21. The number of aromatic amines is 1. The van der Waals surface area contributed by atoms with E-state index in [1.54, 1.807) is 0 Å². The molecule has 12 nitrogen and oxygen atoms in total. The third kappa shape index (κ3) is 4.47. The van der Waals surface area contributed by atoms with Crippen LogP contribution in [-0.2, 0) is 14.0 Å². The quantitative estimate of drug-likeness (QED) is 0.346. The summed E-state index contributed by atoms with van der Waals surface area (Å²) in [5.74, 6) is 0.0638. The molecule has 0 radical (unpaired) electrons. The first-order valence-corrected chi connectivity index (χ1v) is 10.2. The molecule has 0 bridgehead atoms. The predicted molar refractivity (Wildman–Crippen MR) is 94.6 cm³/mol. The van der Waals surface area contributed by atoms with Crippen LogP contribution in [0.5, 0.6) is 6.01 Å². The van der Waals surface area contributed by atoms with Crippen LogP contribution in [0.3, 0.4) is 0 Å². The van der Waals surface area contributed by atoms with Crippen molar-refractivity contribution in [3.63, 3.8) is 0 Å². The summed E-state index contributed by atoms with van der Waals surface area (Å²) >= 11 is 0. The van der Waals surface area contributed by atoms with E-state index < -0.39 is 31.8 Å². The van der Waals surface area contributed by atoms with Crippen LogP contribution in [-0.4, -0.2) is 62.1 Å². The van der Waals surface area contributed by atoms with Crippen LogP contribution in [0.15, 0.2) is 4.79 Å². The maximum absolute atomic E-state index is 12.5. The molecule has 2 aromatic rings. The maximum atomic E-state index is 12.5. The molecule has 0 amide bonds. The first-order valence-electron chi connectivity index (χ1n) is 8.36. The molecule has 0 spiro atoms. The van der Waals surface area contributed by atoms with Gasteiger partial charge in [-0.3, -0.25) is 9.13 Å². The van der Waals surface area contributed by atoms with Gasteiger partial charge in [-0.1, -0.05) is 0 Å². The van der Waals surface area contributed by atoms with Crippen molar-refractivity contribution in [2.75, 3.05) is 32.4 Å². The molecule has 13 heteroatoms. The smallest absolute Gasteiger partial charge is 0.350 e. The fourth-order valence-electron chi connectivity index (χ4n) is 3.18. The lowest BCUT2D eigenvalue weighted by atomic mass is 10.2. The molecular weight excluding hydrogens is 381 g/mol. The molecule has 5 N–H and O–H groups in total. The summed E-state index contributed by atoms with van der Waals surface area (Å²) in [5, 5.41) is 0. The van der Waals surface area contributed by atoms with Gasteiger partial charge in [-0.05, 0) is 19.3 Å². The minimum atomic E-state index is -4.31. The van der Waals surface area contributed by atoms with Crippen LogP contribution in [0, 0.1) is 0 Å². The molecule has 1 fully saturated rings. The Labute approximate surface area is 153 Å². The third-order valence-electron chi connectivity index (χ3n) is 4.30. The van der Waals surface area contributed by atoms with E-state index in [2.05, 4.69) is 15.0 Å². The third-order valence-corrected chi connectivity index (χ3v) is 4.79. The average Bonchev–Trinajstić information content (AvgIpc) is 3.16. The number of anilines is 1. The number of ether oxygens (including phenoxy) is 3. The lowest BCUT2D eigenvalue weighted by Crippen LogP contribution is -2.29. The molecule has 2 aromatic heterocycles. The summed E-state index contributed by atoms with van der Waals surface area (Å²) in [5.41, 5.74) is 6.00. The SMILES string of the molecule is COCCOc1nc(N)c2[nH]c(=O)n([C@@H]3CCC[C@H]3OCP(=O)(O)O)c2n1. The maximum Gasteiger partial charge on any atom is 0.350 e. The number of H-pyrrole nitrogens is 1. The largest absolute Gasteiger partial charge is 0.461 e. The molecule has 27 heavy (non-hydrogen) atoms. The Morgan fingerprint density at radius 3 is 2.81 bits per heavy atom. The number of nitrogens with two attached hydrogens (primary N) is 1. The van der Waals surface area contributed by atoms with Gasteiger partial charge in [0, 0.05) is 7.11 Å². The van der Waals surface area contributed by atoms with E-state index in [0.29, 0.717) is 19.4 Å². The van der Waals surface area contributed by atoms with Crippen LogP contribution in [0.2, 0.25) is 0 Å². The van der Waals surface area contributed by atoms with Crippen LogP contribution >= 0.6 is 7.60 Å². The first-order chi connectivity index (χ1) is 12.8. The molecule has 0 unspecified atom stereocenters. The fraction of sp³-hybridized carbons (Fsp3) is 0.643. The number of hydrogen-bond donors (Lipinski definition) is 4. The zero-order valence-corrected chi connectivity index (χ0v) is 15.6. The van der Waals surface area contributed by atoms with Crippen molar-refractivity contribution in [3.8, 4) is 6.01 Å². The van der Waals surface area contributed by atoms with Crippen molar-refractivity contribution in [3.05, 3.63) is 10.5 Å². The molecule has 150 valence electrons. The summed E-state index contributed by atoms with van der Waals surface area (Å²) in [6.45, 7) is 0.551. The molecule has 1 aliphatic rings.